The number of halogens is 2. The molecule has 5 aromatic rings. The molecule has 1 aliphatic rings. The van der Waals surface area contributed by atoms with E-state index in [1.165, 1.54) is 0 Å². The Kier molecular flexibility index (Phi) is 14.6. The molecule has 0 unspecified atom stereocenters. The van der Waals surface area contributed by atoms with Gasteiger partial charge in [-0.1, -0.05) is 47.6 Å². The number of aryl methyl sites for hydroxylation is 1. The van der Waals surface area contributed by atoms with Crippen LogP contribution < -0.4 is 26.3 Å². The fourth-order valence-electron chi connectivity index (χ4n) is 6.36. The van der Waals surface area contributed by atoms with Crippen molar-refractivity contribution in [3.8, 4) is 17.2 Å². The quantitative estimate of drug-likeness (QED) is 0.0738. The number of aromatic nitrogens is 2. The van der Waals surface area contributed by atoms with Gasteiger partial charge in [-0.3, -0.25) is 24.2 Å². The number of hydrogen-bond donors (Lipinski definition) is 3. The summed E-state index contributed by atoms with van der Waals surface area (Å²) in [5.74, 6) is 1.09. The average molecular weight is 807 g/mol. The smallest absolute Gasteiger partial charge is 0.252 e. The monoisotopic (exact) mass is 805 g/mol. The number of nitrogens with two attached hydrogens (primary N) is 2. The minimum Gasteiger partial charge on any atom is -0.493 e. The summed E-state index contributed by atoms with van der Waals surface area (Å²) in [5.41, 5.74) is 15.5. The molecule has 1 saturated carbocycles. The molecule has 14 heteroatoms. The van der Waals surface area contributed by atoms with Crippen molar-refractivity contribution in [2.24, 2.45) is 24.4 Å². The molecule has 11 nitrogen and oxygen atoms in total. The van der Waals surface area contributed by atoms with Crippen molar-refractivity contribution in [1.82, 2.24) is 14.9 Å². The maximum Gasteiger partial charge on any atom is 0.252 e. The number of benzene rings is 3. The minimum absolute atomic E-state index is 0. The van der Waals surface area contributed by atoms with Crippen LogP contribution in [0.3, 0.4) is 0 Å². The van der Waals surface area contributed by atoms with Gasteiger partial charge < -0.3 is 30.8 Å². The van der Waals surface area contributed by atoms with Gasteiger partial charge in [0.05, 0.1) is 29.5 Å². The molecular formula is C41H45Cl2N5O6S. The lowest BCUT2D eigenvalue weighted by Gasteiger charge is -2.14. The van der Waals surface area contributed by atoms with E-state index in [1.807, 2.05) is 42.1 Å². The molecule has 2 amide bonds. The normalized spacial score (nSPS) is 12.9. The summed E-state index contributed by atoms with van der Waals surface area (Å²) >= 11 is 7.44. The van der Waals surface area contributed by atoms with Crippen LogP contribution in [0.1, 0.15) is 60.0 Å². The van der Waals surface area contributed by atoms with Crippen LogP contribution in [0.4, 0.5) is 0 Å². The van der Waals surface area contributed by atoms with E-state index in [4.69, 9.17) is 32.5 Å². The largest absolute Gasteiger partial charge is 0.493 e. The first-order valence-electron chi connectivity index (χ1n) is 18.1. The fraction of sp³-hybridized carbons (Fsp3) is 0.341. The number of amides is 2. The highest BCUT2D eigenvalue weighted by atomic mass is 35.5. The maximum absolute atomic E-state index is 12.6. The number of Topliss-reactive ketones (excluding diaryl/α,β-unsaturated/α-hetero) is 1. The van der Waals surface area contributed by atoms with Crippen LogP contribution >= 0.6 is 35.8 Å². The summed E-state index contributed by atoms with van der Waals surface area (Å²) in [6.07, 6.45) is 9.26. The van der Waals surface area contributed by atoms with Crippen molar-refractivity contribution >= 4 is 80.3 Å². The lowest BCUT2D eigenvalue weighted by atomic mass is 10.0. The third-order valence-corrected chi connectivity index (χ3v) is 10.7. The second-order valence-electron chi connectivity index (χ2n) is 13.7. The standard InChI is InChI=1S/C41H44ClN5O6S.ClH/c1-47-23-27(30-7-3-4-8-36(30)47)19-34(43)41(51)54-24-39(49)46-14-5-2-6-16-52-38-22-35-31(21-32(38)40(44)50)37(13-15-45-35)53-29-12-11-26(33(42)20-29)18-28(48)17-25-9-10-25;/h3-4,7-8,11-13,15,20-23,25,34H,2,5-6,9-10,14,16-19,24,43H2,1H3,(H2,44,50)(H,46,49);1H/t34-;/m1./s1. The van der Waals surface area contributed by atoms with Crippen molar-refractivity contribution < 1.29 is 28.7 Å². The van der Waals surface area contributed by atoms with Crippen LogP contribution in [0.2, 0.25) is 5.02 Å². The van der Waals surface area contributed by atoms with Crippen molar-refractivity contribution in [2.75, 3.05) is 18.9 Å². The van der Waals surface area contributed by atoms with E-state index in [9.17, 15) is 19.2 Å². The summed E-state index contributed by atoms with van der Waals surface area (Å²) < 4.78 is 14.1. The number of ketones is 1. The zero-order valence-corrected chi connectivity index (χ0v) is 32.9. The molecule has 3 aromatic carbocycles. The Labute approximate surface area is 335 Å². The second-order valence-corrected chi connectivity index (χ2v) is 15.1. The van der Waals surface area contributed by atoms with Gasteiger partial charge in [0, 0.05) is 66.2 Å². The Bertz CT molecular complexity index is 2190. The Morgan fingerprint density at radius 2 is 1.80 bits per heavy atom. The summed E-state index contributed by atoms with van der Waals surface area (Å²) in [6.45, 7) is 0.778. The van der Waals surface area contributed by atoms with Gasteiger partial charge in [0.2, 0.25) is 11.0 Å². The lowest BCUT2D eigenvalue weighted by Crippen LogP contribution is -2.33. The van der Waals surface area contributed by atoms with Gasteiger partial charge in [0.25, 0.3) is 5.91 Å². The van der Waals surface area contributed by atoms with Gasteiger partial charge in [-0.15, -0.1) is 12.4 Å². The number of nitrogens with one attached hydrogen (secondary N) is 1. The maximum atomic E-state index is 12.6. The summed E-state index contributed by atoms with van der Waals surface area (Å²) in [6, 6.07) is 17.5. The highest BCUT2D eigenvalue weighted by Crippen LogP contribution is 2.36. The van der Waals surface area contributed by atoms with Gasteiger partial charge >= 0.3 is 0 Å². The number of carbonyl (C=O) groups excluding carboxylic acids is 4. The first kappa shape index (κ1) is 41.5. The van der Waals surface area contributed by atoms with E-state index in [-0.39, 0.29) is 40.5 Å². The van der Waals surface area contributed by atoms with Crippen LogP contribution in [-0.4, -0.2) is 57.2 Å². The van der Waals surface area contributed by atoms with E-state index in [2.05, 4.69) is 10.3 Å². The number of nitrogens with zero attached hydrogens (tertiary/aromatic N) is 2. The SMILES string of the molecule is Cl.Cn1cc(C[C@@H](N)C(=O)SCC(=O)NCCCCCOc2cc3nccc(Oc4ccc(CC(=O)CC5CC5)c(Cl)c4)c3cc2C(N)=O)c2ccccc21. The number of primary amides is 1. The predicted molar refractivity (Wildman–Crippen MR) is 220 cm³/mol. The summed E-state index contributed by atoms with van der Waals surface area (Å²) in [4.78, 5) is 54.3. The zero-order chi connectivity index (χ0) is 38.2. The third kappa shape index (κ3) is 11.2. The van der Waals surface area contributed by atoms with Crippen LogP contribution in [-0.2, 0) is 34.3 Å². The second kappa shape index (κ2) is 19.3. The lowest BCUT2D eigenvalue weighted by molar-refractivity contribution is -0.119. The van der Waals surface area contributed by atoms with Crippen molar-refractivity contribution in [2.45, 2.75) is 57.4 Å². The zero-order valence-electron chi connectivity index (χ0n) is 30.6. The number of thioether (sulfide) groups is 1. The number of carbonyl (C=O) groups is 4. The third-order valence-electron chi connectivity index (χ3n) is 9.39. The fourth-order valence-corrected chi connectivity index (χ4v) is 7.27. The molecular weight excluding hydrogens is 761 g/mol. The molecule has 0 bridgehead atoms. The molecule has 1 atom stereocenters. The molecule has 1 aliphatic carbocycles. The highest BCUT2D eigenvalue weighted by molar-refractivity contribution is 8.14. The van der Waals surface area contributed by atoms with Crippen LogP contribution in [0, 0.1) is 5.92 Å². The Morgan fingerprint density at radius 1 is 1.00 bits per heavy atom. The number of para-hydroxylation sites is 1. The van der Waals surface area contributed by atoms with E-state index < -0.39 is 11.9 Å². The van der Waals surface area contributed by atoms with E-state index in [0.717, 1.165) is 53.1 Å². The van der Waals surface area contributed by atoms with Gasteiger partial charge in [-0.25, -0.2) is 0 Å². The summed E-state index contributed by atoms with van der Waals surface area (Å²) in [5, 5.41) is 4.72. The van der Waals surface area contributed by atoms with Crippen LogP contribution in [0.15, 0.2) is 73.1 Å². The molecule has 2 aromatic heterocycles. The average Bonchev–Trinajstić information content (AvgIpc) is 3.91. The molecule has 290 valence electrons. The molecule has 5 N–H and O–H groups in total. The summed E-state index contributed by atoms with van der Waals surface area (Å²) in [7, 11) is 1.96. The molecule has 0 radical (unpaired) electrons. The van der Waals surface area contributed by atoms with E-state index in [0.29, 0.717) is 84.3 Å². The van der Waals surface area contributed by atoms with Crippen molar-refractivity contribution in [3.05, 3.63) is 94.8 Å². The first-order chi connectivity index (χ1) is 26.0. The molecule has 1 fully saturated rings. The van der Waals surface area contributed by atoms with Gasteiger partial charge in [0.1, 0.15) is 23.0 Å². The van der Waals surface area contributed by atoms with Crippen molar-refractivity contribution in [1.29, 1.82) is 0 Å². The van der Waals surface area contributed by atoms with Crippen LogP contribution in [0.5, 0.6) is 17.2 Å². The van der Waals surface area contributed by atoms with E-state index >= 15 is 0 Å². The first-order valence-corrected chi connectivity index (χ1v) is 19.5. The van der Waals surface area contributed by atoms with Crippen molar-refractivity contribution in [3.63, 3.8) is 0 Å². The van der Waals surface area contributed by atoms with E-state index in [1.54, 1.807) is 42.6 Å². The predicted octanol–water partition coefficient (Wildman–Crippen LogP) is 7.10. The number of unbranched alkanes of at least 4 members (excludes halogenated alkanes) is 2. The number of rotatable bonds is 19. The molecule has 2 heterocycles. The number of fused-ring (bicyclic) bond motifs is 2. The van der Waals surface area contributed by atoms with Gasteiger partial charge in [0.15, 0.2) is 0 Å². The topological polar surface area (TPSA) is 169 Å². The van der Waals surface area contributed by atoms with Crippen LogP contribution in [0.25, 0.3) is 21.8 Å². The Balaban J connectivity index is 0.00000580. The molecule has 0 spiro atoms. The molecule has 0 saturated heterocycles. The van der Waals surface area contributed by atoms with Gasteiger partial charge in [-0.2, -0.15) is 0 Å². The molecule has 6 rings (SSSR count). The Hall–Kier alpha value is -4.62. The molecule has 55 heavy (non-hydrogen) atoms. The minimum atomic E-state index is -0.708. The number of hydrogen-bond acceptors (Lipinski definition) is 9. The Morgan fingerprint density at radius 3 is 2.56 bits per heavy atom. The molecule has 0 aliphatic heterocycles. The highest BCUT2D eigenvalue weighted by Gasteiger charge is 2.25. The number of pyridine rings is 1. The number of ether oxygens (including phenoxy) is 2. The van der Waals surface area contributed by atoms with Gasteiger partial charge in [-0.05, 0) is 85.9 Å².